The fraction of sp³-hybridized carbons (Fsp3) is 0.184. The van der Waals surface area contributed by atoms with Gasteiger partial charge in [-0.2, -0.15) is 0 Å². The summed E-state index contributed by atoms with van der Waals surface area (Å²) in [5, 5.41) is 40.8. The highest BCUT2D eigenvalue weighted by Crippen LogP contribution is 2.37. The first-order valence-electron chi connectivity index (χ1n) is 15.7. The number of carboxylic acids is 5. The van der Waals surface area contributed by atoms with Crippen LogP contribution in [0.15, 0.2) is 109 Å². The van der Waals surface area contributed by atoms with Crippen molar-refractivity contribution in [3.8, 4) is 5.75 Å². The van der Waals surface area contributed by atoms with Crippen LogP contribution in [0.5, 0.6) is 5.75 Å². The van der Waals surface area contributed by atoms with Crippen LogP contribution in [0.3, 0.4) is 0 Å². The van der Waals surface area contributed by atoms with Gasteiger partial charge >= 0.3 is 29.8 Å². The standard InChI is InChI=1S/C30H30N2O3.2C4H4O4/c33-30(34)24-12-13-29-28(21-24)27(26-11-5-4-10-25(26)22-35-29)14-16-32-19-17-31(18-20-32)15-6-9-23-7-2-1-3-8-23;2*5-3(6)1-2-4(7)8/h1-14,21H,15-20,22H2,(H,33,34);2*1-2H,(H,5,6)(H,7,8)/b9-6?,27-14+;2*2-1+. The summed E-state index contributed by atoms with van der Waals surface area (Å²) >= 11 is 0. The highest BCUT2D eigenvalue weighted by Gasteiger charge is 2.22. The van der Waals surface area contributed by atoms with Gasteiger partial charge < -0.3 is 30.3 Å². The predicted octanol–water partition coefficient (Wildman–Crippen LogP) is 4.46. The lowest BCUT2D eigenvalue weighted by Crippen LogP contribution is -2.46. The summed E-state index contributed by atoms with van der Waals surface area (Å²) in [4.78, 5) is 54.8. The Hall–Kier alpha value is -6.31. The van der Waals surface area contributed by atoms with E-state index in [0.29, 0.717) is 30.9 Å². The Morgan fingerprint density at radius 2 is 1.16 bits per heavy atom. The van der Waals surface area contributed by atoms with E-state index in [2.05, 4.69) is 64.4 Å². The number of nitrogens with zero attached hydrogens (tertiary/aromatic N) is 2. The van der Waals surface area contributed by atoms with Crippen LogP contribution >= 0.6 is 0 Å². The second-order valence-corrected chi connectivity index (χ2v) is 11.0. The number of carboxylic acid groups (broad SMARTS) is 5. The molecule has 0 aliphatic carbocycles. The SMILES string of the molecule is O=C(O)/C=C/C(=O)O.O=C(O)/C=C/C(=O)O.O=C(O)c1ccc2c(c1)/C(=C/CN1CCN(CC=Cc3ccccc3)CC1)c1ccccc1CO2. The van der Waals surface area contributed by atoms with E-state index in [4.69, 9.17) is 25.2 Å². The van der Waals surface area contributed by atoms with Gasteiger partial charge in [-0.05, 0) is 40.5 Å². The molecule has 0 saturated carbocycles. The molecule has 3 aromatic rings. The van der Waals surface area contributed by atoms with Gasteiger partial charge in [-0.1, -0.05) is 72.8 Å². The zero-order valence-corrected chi connectivity index (χ0v) is 27.5. The topological polar surface area (TPSA) is 202 Å². The summed E-state index contributed by atoms with van der Waals surface area (Å²) in [5.74, 6) is -5.23. The smallest absolute Gasteiger partial charge is 0.335 e. The lowest BCUT2D eigenvalue weighted by molar-refractivity contribution is -0.134. The molecule has 0 amide bonds. The van der Waals surface area contributed by atoms with Crippen molar-refractivity contribution >= 4 is 41.5 Å². The van der Waals surface area contributed by atoms with E-state index in [1.54, 1.807) is 18.2 Å². The molecule has 0 unspecified atom stereocenters. The summed E-state index contributed by atoms with van der Waals surface area (Å²) in [7, 11) is 0. The van der Waals surface area contributed by atoms with E-state index in [1.165, 1.54) is 5.56 Å². The first kappa shape index (κ1) is 39.1. The highest BCUT2D eigenvalue weighted by molar-refractivity contribution is 5.93. The molecule has 5 N–H and O–H groups in total. The minimum atomic E-state index is -1.26. The van der Waals surface area contributed by atoms with Gasteiger partial charge in [0, 0.05) is 69.1 Å². The Bertz CT molecular complexity index is 1740. The van der Waals surface area contributed by atoms with Gasteiger partial charge in [-0.15, -0.1) is 0 Å². The van der Waals surface area contributed by atoms with E-state index < -0.39 is 29.8 Å². The second kappa shape index (κ2) is 20.3. The van der Waals surface area contributed by atoms with E-state index in [-0.39, 0.29) is 5.56 Å². The number of benzene rings is 3. The molecule has 1 fully saturated rings. The zero-order chi connectivity index (χ0) is 37.2. The molecule has 13 nitrogen and oxygen atoms in total. The Labute approximate surface area is 293 Å². The van der Waals surface area contributed by atoms with E-state index in [1.807, 2.05) is 18.2 Å². The maximum absolute atomic E-state index is 11.6. The lowest BCUT2D eigenvalue weighted by atomic mass is 9.93. The second-order valence-electron chi connectivity index (χ2n) is 11.0. The van der Waals surface area contributed by atoms with Crippen molar-refractivity contribution in [2.75, 3.05) is 39.3 Å². The molecule has 51 heavy (non-hydrogen) atoms. The Morgan fingerprint density at radius 3 is 1.71 bits per heavy atom. The van der Waals surface area contributed by atoms with Crippen LogP contribution in [-0.2, 0) is 25.8 Å². The summed E-state index contributed by atoms with van der Waals surface area (Å²) in [6.45, 7) is 6.31. The van der Waals surface area contributed by atoms with Crippen molar-refractivity contribution in [3.05, 3.63) is 137 Å². The third-order valence-electron chi connectivity index (χ3n) is 7.44. The van der Waals surface area contributed by atoms with Crippen molar-refractivity contribution < 1.29 is 54.2 Å². The van der Waals surface area contributed by atoms with Crippen molar-refractivity contribution in [1.29, 1.82) is 0 Å². The first-order chi connectivity index (χ1) is 24.4. The molecule has 0 bridgehead atoms. The van der Waals surface area contributed by atoms with Gasteiger partial charge in [-0.25, -0.2) is 24.0 Å². The van der Waals surface area contributed by atoms with E-state index in [9.17, 15) is 29.1 Å². The number of fused-ring (bicyclic) bond motifs is 2. The first-order valence-corrected chi connectivity index (χ1v) is 15.7. The van der Waals surface area contributed by atoms with Crippen molar-refractivity contribution in [2.45, 2.75) is 6.61 Å². The predicted molar refractivity (Wildman–Crippen MR) is 188 cm³/mol. The van der Waals surface area contributed by atoms with Gasteiger partial charge in [-0.3, -0.25) is 9.80 Å². The third kappa shape index (κ3) is 14.0. The maximum Gasteiger partial charge on any atom is 0.335 e. The van der Waals surface area contributed by atoms with E-state index >= 15 is 0 Å². The summed E-state index contributed by atoms with van der Waals surface area (Å²) < 4.78 is 6.05. The largest absolute Gasteiger partial charge is 0.488 e. The minimum Gasteiger partial charge on any atom is -0.488 e. The average Bonchev–Trinajstić information content (AvgIpc) is 3.27. The molecule has 2 aliphatic rings. The fourth-order valence-electron chi connectivity index (χ4n) is 4.99. The van der Waals surface area contributed by atoms with Crippen LogP contribution in [-0.4, -0.2) is 104 Å². The number of hydrogen-bond donors (Lipinski definition) is 5. The molecule has 0 spiro atoms. The number of aliphatic carboxylic acids is 4. The Balaban J connectivity index is 0.000000366. The molecular weight excluding hydrogens is 660 g/mol. The van der Waals surface area contributed by atoms with E-state index in [0.717, 1.165) is 67.3 Å². The molecule has 0 atom stereocenters. The van der Waals surface area contributed by atoms with Crippen molar-refractivity contribution in [2.24, 2.45) is 0 Å². The van der Waals surface area contributed by atoms with Gasteiger partial charge in [0.15, 0.2) is 0 Å². The highest BCUT2D eigenvalue weighted by atomic mass is 16.5. The number of aromatic carboxylic acids is 1. The fourth-order valence-corrected chi connectivity index (χ4v) is 4.99. The van der Waals surface area contributed by atoms with Crippen LogP contribution < -0.4 is 4.74 Å². The molecule has 2 heterocycles. The van der Waals surface area contributed by atoms with Gasteiger partial charge in [0.2, 0.25) is 0 Å². The van der Waals surface area contributed by atoms with Crippen LogP contribution in [0.1, 0.15) is 32.6 Å². The summed E-state index contributed by atoms with van der Waals surface area (Å²) in [6.07, 6.45) is 8.90. The Morgan fingerprint density at radius 1 is 0.627 bits per heavy atom. The van der Waals surface area contributed by atoms with Gasteiger partial charge in [0.25, 0.3) is 0 Å². The number of hydrogen-bond acceptors (Lipinski definition) is 8. The summed E-state index contributed by atoms with van der Waals surface area (Å²) in [6, 6.07) is 23.8. The Kier molecular flexibility index (Phi) is 15.5. The number of ether oxygens (including phenoxy) is 1. The monoisotopic (exact) mass is 698 g/mol. The molecule has 266 valence electrons. The number of piperazine rings is 1. The molecule has 1 saturated heterocycles. The van der Waals surface area contributed by atoms with Gasteiger partial charge in [0.1, 0.15) is 12.4 Å². The quantitative estimate of drug-likeness (QED) is 0.186. The van der Waals surface area contributed by atoms with Gasteiger partial charge in [0.05, 0.1) is 5.56 Å². The zero-order valence-electron chi connectivity index (χ0n) is 27.5. The molecule has 13 heteroatoms. The number of rotatable bonds is 10. The molecule has 5 rings (SSSR count). The maximum atomic E-state index is 11.6. The normalized spacial score (nSPS) is 15.0. The average molecular weight is 699 g/mol. The van der Waals surface area contributed by atoms with Crippen LogP contribution in [0.25, 0.3) is 11.6 Å². The third-order valence-corrected chi connectivity index (χ3v) is 7.44. The lowest BCUT2D eigenvalue weighted by Gasteiger charge is -2.33. The van der Waals surface area contributed by atoms with Crippen LogP contribution in [0.4, 0.5) is 0 Å². The molecular formula is C38H38N2O11. The number of carbonyl (C=O) groups is 5. The summed E-state index contributed by atoms with van der Waals surface area (Å²) in [5.41, 5.74) is 5.62. The molecule has 0 aromatic heterocycles. The minimum absolute atomic E-state index is 0.273. The van der Waals surface area contributed by atoms with Crippen molar-refractivity contribution in [1.82, 2.24) is 9.80 Å². The molecule has 2 aliphatic heterocycles. The molecule has 0 radical (unpaired) electrons. The van der Waals surface area contributed by atoms with Crippen LogP contribution in [0, 0.1) is 0 Å². The van der Waals surface area contributed by atoms with Crippen LogP contribution in [0.2, 0.25) is 0 Å². The van der Waals surface area contributed by atoms with Crippen molar-refractivity contribution in [3.63, 3.8) is 0 Å². The molecule has 3 aromatic carbocycles.